The number of sulfone groups is 1. The molecule has 20 heavy (non-hydrogen) atoms. The SMILES string of the molecule is COCc1ccccc1NC(=O)C[C@H]1CCS(=O)(=O)C1. The van der Waals surface area contributed by atoms with Gasteiger partial charge in [0.2, 0.25) is 5.91 Å². The predicted octanol–water partition coefficient (Wildman–Crippen LogP) is 1.60. The maximum absolute atomic E-state index is 12.0. The Labute approximate surface area is 119 Å². The summed E-state index contributed by atoms with van der Waals surface area (Å²) in [6.45, 7) is 0.425. The summed E-state index contributed by atoms with van der Waals surface area (Å²) in [5.74, 6) is 0.121. The molecule has 1 aromatic rings. The van der Waals surface area contributed by atoms with E-state index in [0.717, 1.165) is 11.3 Å². The monoisotopic (exact) mass is 297 g/mol. The number of amides is 1. The van der Waals surface area contributed by atoms with Crippen LogP contribution in [-0.2, 0) is 26.0 Å². The second-order valence-electron chi connectivity index (χ2n) is 5.11. The number of anilines is 1. The summed E-state index contributed by atoms with van der Waals surface area (Å²) in [5.41, 5.74) is 1.63. The zero-order valence-electron chi connectivity index (χ0n) is 11.5. The largest absolute Gasteiger partial charge is 0.380 e. The first kappa shape index (κ1) is 15.0. The molecule has 1 heterocycles. The molecule has 2 rings (SSSR count). The van der Waals surface area contributed by atoms with Crippen molar-refractivity contribution in [3.63, 3.8) is 0 Å². The van der Waals surface area contributed by atoms with Crippen molar-refractivity contribution in [3.8, 4) is 0 Å². The summed E-state index contributed by atoms with van der Waals surface area (Å²) in [4.78, 5) is 12.0. The first-order valence-corrected chi connectivity index (χ1v) is 8.39. The number of nitrogens with one attached hydrogen (secondary N) is 1. The van der Waals surface area contributed by atoms with Gasteiger partial charge in [0.1, 0.15) is 0 Å². The summed E-state index contributed by atoms with van der Waals surface area (Å²) in [7, 11) is -1.33. The Kier molecular flexibility index (Phi) is 4.77. The minimum Gasteiger partial charge on any atom is -0.380 e. The van der Waals surface area contributed by atoms with Gasteiger partial charge in [-0.1, -0.05) is 18.2 Å². The van der Waals surface area contributed by atoms with Gasteiger partial charge in [-0.05, 0) is 18.4 Å². The molecule has 1 aliphatic rings. The Morgan fingerprint density at radius 3 is 2.80 bits per heavy atom. The number of ether oxygens (including phenoxy) is 1. The normalized spacial score (nSPS) is 20.8. The van der Waals surface area contributed by atoms with Gasteiger partial charge in [-0.15, -0.1) is 0 Å². The average Bonchev–Trinajstić information content (AvgIpc) is 2.71. The molecule has 0 unspecified atom stereocenters. The van der Waals surface area contributed by atoms with E-state index >= 15 is 0 Å². The third-order valence-corrected chi connectivity index (χ3v) is 5.23. The third kappa shape index (κ3) is 4.05. The molecule has 1 aromatic carbocycles. The molecule has 5 nitrogen and oxygen atoms in total. The minimum absolute atomic E-state index is 0.0606. The smallest absolute Gasteiger partial charge is 0.224 e. The quantitative estimate of drug-likeness (QED) is 0.896. The van der Waals surface area contributed by atoms with Gasteiger partial charge in [0.05, 0.1) is 18.1 Å². The maximum atomic E-state index is 12.0. The van der Waals surface area contributed by atoms with Crippen LogP contribution in [0.25, 0.3) is 0 Å². The fourth-order valence-corrected chi connectivity index (χ4v) is 4.28. The molecule has 0 aliphatic carbocycles. The molecule has 0 aromatic heterocycles. The molecule has 1 N–H and O–H groups in total. The van der Waals surface area contributed by atoms with E-state index in [1.54, 1.807) is 7.11 Å². The summed E-state index contributed by atoms with van der Waals surface area (Å²) in [6, 6.07) is 7.43. The van der Waals surface area contributed by atoms with Gasteiger partial charge in [-0.2, -0.15) is 0 Å². The highest BCUT2D eigenvalue weighted by Gasteiger charge is 2.29. The van der Waals surface area contributed by atoms with Crippen LogP contribution in [0.2, 0.25) is 0 Å². The minimum atomic E-state index is -2.93. The topological polar surface area (TPSA) is 72.5 Å². The van der Waals surface area contributed by atoms with Crippen LogP contribution in [0.1, 0.15) is 18.4 Å². The first-order chi connectivity index (χ1) is 9.50. The second-order valence-corrected chi connectivity index (χ2v) is 7.34. The van der Waals surface area contributed by atoms with Crippen LogP contribution in [0.4, 0.5) is 5.69 Å². The average molecular weight is 297 g/mol. The molecule has 0 saturated carbocycles. The van der Waals surface area contributed by atoms with Crippen LogP contribution < -0.4 is 5.32 Å². The summed E-state index contributed by atoms with van der Waals surface area (Å²) < 4.78 is 27.8. The third-order valence-electron chi connectivity index (χ3n) is 3.39. The van der Waals surface area contributed by atoms with Crippen LogP contribution in [0.5, 0.6) is 0 Å². The van der Waals surface area contributed by atoms with E-state index in [4.69, 9.17) is 4.74 Å². The number of rotatable bonds is 5. The van der Waals surface area contributed by atoms with Gasteiger partial charge in [0.25, 0.3) is 0 Å². The van der Waals surface area contributed by atoms with Gasteiger partial charge >= 0.3 is 0 Å². The lowest BCUT2D eigenvalue weighted by Crippen LogP contribution is -2.18. The molecule has 110 valence electrons. The predicted molar refractivity (Wildman–Crippen MR) is 77.2 cm³/mol. The molecule has 1 atom stereocenters. The lowest BCUT2D eigenvalue weighted by atomic mass is 10.0. The number of para-hydroxylation sites is 1. The fraction of sp³-hybridized carbons (Fsp3) is 0.500. The van der Waals surface area contributed by atoms with E-state index in [1.165, 1.54) is 0 Å². The standard InChI is InChI=1S/C14H19NO4S/c1-19-9-12-4-2-3-5-13(12)15-14(16)8-11-6-7-20(17,18)10-11/h2-5,11H,6-10H2,1H3,(H,15,16)/t11-/m1/s1. The van der Waals surface area contributed by atoms with Crippen LogP contribution >= 0.6 is 0 Å². The van der Waals surface area contributed by atoms with E-state index in [1.807, 2.05) is 24.3 Å². The molecule has 0 bridgehead atoms. The number of methoxy groups -OCH3 is 1. The van der Waals surface area contributed by atoms with Gasteiger partial charge < -0.3 is 10.1 Å². The molecular formula is C14H19NO4S. The number of benzene rings is 1. The van der Waals surface area contributed by atoms with Crippen molar-refractivity contribution in [2.75, 3.05) is 23.9 Å². The van der Waals surface area contributed by atoms with Crippen LogP contribution in [0, 0.1) is 5.92 Å². The van der Waals surface area contributed by atoms with Crippen molar-refractivity contribution in [1.29, 1.82) is 0 Å². The van der Waals surface area contributed by atoms with Gasteiger partial charge in [0.15, 0.2) is 9.84 Å². The number of hydrogen-bond donors (Lipinski definition) is 1. The molecule has 1 saturated heterocycles. The zero-order chi connectivity index (χ0) is 14.6. The van der Waals surface area contributed by atoms with Gasteiger partial charge in [-0.3, -0.25) is 4.79 Å². The lowest BCUT2D eigenvalue weighted by molar-refractivity contribution is -0.116. The highest BCUT2D eigenvalue weighted by atomic mass is 32.2. The second kappa shape index (κ2) is 6.37. The van der Waals surface area contributed by atoms with E-state index in [2.05, 4.69) is 5.32 Å². The van der Waals surface area contributed by atoms with Crippen LogP contribution in [-0.4, -0.2) is 32.9 Å². The number of carbonyl (C=O) groups excluding carboxylic acids is 1. The molecule has 1 aliphatic heterocycles. The van der Waals surface area contributed by atoms with Crippen molar-refractivity contribution in [3.05, 3.63) is 29.8 Å². The Hall–Kier alpha value is -1.40. The van der Waals surface area contributed by atoms with Gasteiger partial charge in [-0.25, -0.2) is 8.42 Å². The van der Waals surface area contributed by atoms with Crippen LogP contribution in [0.3, 0.4) is 0 Å². The molecule has 1 fully saturated rings. The van der Waals surface area contributed by atoms with Crippen molar-refractivity contribution in [2.24, 2.45) is 5.92 Å². The van der Waals surface area contributed by atoms with Gasteiger partial charge in [0, 0.05) is 24.8 Å². The molecule has 0 spiro atoms. The Bertz CT molecular complexity index is 583. The zero-order valence-corrected chi connectivity index (χ0v) is 12.3. The van der Waals surface area contributed by atoms with E-state index in [0.29, 0.717) is 13.0 Å². The Morgan fingerprint density at radius 1 is 1.40 bits per heavy atom. The van der Waals surface area contributed by atoms with E-state index in [-0.39, 0.29) is 29.8 Å². The highest BCUT2D eigenvalue weighted by molar-refractivity contribution is 7.91. The van der Waals surface area contributed by atoms with E-state index in [9.17, 15) is 13.2 Å². The molecule has 6 heteroatoms. The lowest BCUT2D eigenvalue weighted by Gasteiger charge is -2.12. The maximum Gasteiger partial charge on any atom is 0.224 e. The molecule has 0 radical (unpaired) electrons. The van der Waals surface area contributed by atoms with Crippen molar-refractivity contribution in [2.45, 2.75) is 19.4 Å². The van der Waals surface area contributed by atoms with E-state index < -0.39 is 9.84 Å². The number of carbonyl (C=O) groups is 1. The number of hydrogen-bond acceptors (Lipinski definition) is 4. The fourth-order valence-electron chi connectivity index (χ4n) is 2.42. The van der Waals surface area contributed by atoms with Crippen molar-refractivity contribution in [1.82, 2.24) is 0 Å². The van der Waals surface area contributed by atoms with Crippen molar-refractivity contribution >= 4 is 21.4 Å². The Morgan fingerprint density at radius 2 is 2.15 bits per heavy atom. The highest BCUT2D eigenvalue weighted by Crippen LogP contribution is 2.23. The molecular weight excluding hydrogens is 278 g/mol. The Balaban J connectivity index is 1.95. The molecule has 1 amide bonds. The summed E-state index contributed by atoms with van der Waals surface area (Å²) in [5, 5.41) is 2.84. The summed E-state index contributed by atoms with van der Waals surface area (Å²) >= 11 is 0. The first-order valence-electron chi connectivity index (χ1n) is 6.57. The van der Waals surface area contributed by atoms with Crippen LogP contribution in [0.15, 0.2) is 24.3 Å². The summed E-state index contributed by atoms with van der Waals surface area (Å²) in [6.07, 6.45) is 0.829. The van der Waals surface area contributed by atoms with Crippen molar-refractivity contribution < 1.29 is 17.9 Å².